The SMILES string of the molecule is Clc1ccccc1P(Cl)(c1ccccc1)(c1ccccc1)[P](c1ccccc1)(c1ccccc1)c1ccccc1. The van der Waals surface area contributed by atoms with E-state index in [4.69, 9.17) is 22.8 Å². The molecule has 1 radical (unpaired) electrons. The molecule has 0 saturated heterocycles. The van der Waals surface area contributed by atoms with Crippen LogP contribution >= 0.6 is 35.4 Å². The van der Waals surface area contributed by atoms with Crippen LogP contribution in [0.2, 0.25) is 5.02 Å². The summed E-state index contributed by atoms with van der Waals surface area (Å²) in [5, 5.41) is 7.50. The molecule has 0 aliphatic carbocycles. The second-order valence-corrected chi connectivity index (χ2v) is 23.3. The summed E-state index contributed by atoms with van der Waals surface area (Å²) in [5.74, 6) is 0. The monoisotopic (exact) mass is 593 g/mol. The molecule has 0 N–H and O–H groups in total. The van der Waals surface area contributed by atoms with E-state index in [1.807, 2.05) is 12.1 Å². The van der Waals surface area contributed by atoms with Crippen LogP contribution in [-0.2, 0) is 0 Å². The third-order valence-electron chi connectivity index (χ3n) is 7.70. The van der Waals surface area contributed by atoms with Crippen LogP contribution in [0.4, 0.5) is 0 Å². The molecule has 0 nitrogen and oxygen atoms in total. The Bertz CT molecular complexity index is 1570. The van der Waals surface area contributed by atoms with Gasteiger partial charge in [-0.1, -0.05) is 0 Å². The quantitative estimate of drug-likeness (QED) is 0.164. The first-order valence-corrected chi connectivity index (χ1v) is 19.3. The zero-order valence-electron chi connectivity index (χ0n) is 21.9. The molecule has 0 fully saturated rings. The minimum absolute atomic E-state index is 0.676. The van der Waals surface area contributed by atoms with Gasteiger partial charge in [0.15, 0.2) is 0 Å². The van der Waals surface area contributed by atoms with E-state index in [2.05, 4.69) is 164 Å². The summed E-state index contributed by atoms with van der Waals surface area (Å²) in [4.78, 5) is 0. The average Bonchev–Trinajstić information content (AvgIpc) is 3.04. The van der Waals surface area contributed by atoms with Gasteiger partial charge in [-0.25, -0.2) is 0 Å². The molecule has 197 valence electrons. The molecule has 6 aromatic rings. The Labute approximate surface area is 247 Å². The van der Waals surface area contributed by atoms with Gasteiger partial charge in [0.25, 0.3) is 0 Å². The predicted octanol–water partition coefficient (Wildman–Crippen LogP) is 8.23. The summed E-state index contributed by atoms with van der Waals surface area (Å²) < 4.78 is 0. The van der Waals surface area contributed by atoms with E-state index in [1.165, 1.54) is 15.9 Å². The van der Waals surface area contributed by atoms with Crippen LogP contribution in [-0.4, -0.2) is 0 Å². The van der Waals surface area contributed by atoms with Crippen molar-refractivity contribution in [2.75, 3.05) is 0 Å². The van der Waals surface area contributed by atoms with E-state index >= 15 is 0 Å². The molecule has 6 aromatic carbocycles. The summed E-state index contributed by atoms with van der Waals surface area (Å²) in [7, 11) is 0. The summed E-state index contributed by atoms with van der Waals surface area (Å²) in [6.45, 7) is -2.79. The molecule has 4 heteroatoms. The molecule has 0 saturated carbocycles. The van der Waals surface area contributed by atoms with E-state index in [1.54, 1.807) is 0 Å². The predicted molar refractivity (Wildman–Crippen MR) is 181 cm³/mol. The normalized spacial score (nSPS) is 12.8. The Balaban J connectivity index is 2.02. The van der Waals surface area contributed by atoms with Gasteiger partial charge in [-0.05, 0) is 0 Å². The van der Waals surface area contributed by atoms with Gasteiger partial charge in [-0.15, -0.1) is 0 Å². The number of benzene rings is 6. The fraction of sp³-hybridized carbons (Fsp3) is 0. The number of halogens is 2. The van der Waals surface area contributed by atoms with Crippen molar-refractivity contribution in [1.82, 2.24) is 0 Å². The van der Waals surface area contributed by atoms with E-state index in [0.717, 1.165) is 15.9 Å². The van der Waals surface area contributed by atoms with Crippen LogP contribution in [0.25, 0.3) is 0 Å². The minimum atomic E-state index is -4.07. The van der Waals surface area contributed by atoms with Crippen molar-refractivity contribution in [3.05, 3.63) is 181 Å². The molecule has 0 aliphatic heterocycles. The summed E-state index contributed by atoms with van der Waals surface area (Å²) in [5.41, 5.74) is -4.07. The van der Waals surface area contributed by atoms with Crippen molar-refractivity contribution in [2.45, 2.75) is 0 Å². The van der Waals surface area contributed by atoms with Crippen LogP contribution in [0.15, 0.2) is 176 Å². The molecule has 0 aliphatic rings. The van der Waals surface area contributed by atoms with E-state index < -0.39 is 12.6 Å². The standard InChI is InChI=1S/C36H29Cl2P2/c37-35-28-16-17-29-36(35)40(38,33-24-12-4-13-25-33,34-26-14-5-15-27-34)39(30-18-6-1-7-19-30,31-20-8-2-9-21-31)32-22-10-3-11-23-32/h1-29H. The molecular weight excluding hydrogens is 565 g/mol. The fourth-order valence-corrected chi connectivity index (χ4v) is 28.2. The second-order valence-electron chi connectivity index (χ2n) is 9.73. The third kappa shape index (κ3) is 3.83. The van der Waals surface area contributed by atoms with E-state index in [0.29, 0.717) is 5.02 Å². The van der Waals surface area contributed by atoms with Crippen molar-refractivity contribution < 1.29 is 0 Å². The number of hydrogen-bond acceptors (Lipinski definition) is 0. The van der Waals surface area contributed by atoms with Gasteiger partial charge in [0.2, 0.25) is 0 Å². The zero-order valence-corrected chi connectivity index (χ0v) is 25.2. The van der Waals surface area contributed by atoms with Crippen LogP contribution in [0.1, 0.15) is 0 Å². The van der Waals surface area contributed by atoms with E-state index in [9.17, 15) is 0 Å². The maximum atomic E-state index is 9.10. The topological polar surface area (TPSA) is 0 Å². The van der Waals surface area contributed by atoms with E-state index in [-0.39, 0.29) is 0 Å². The Kier molecular flexibility index (Phi) is 7.39. The number of hydrogen-bond donors (Lipinski definition) is 0. The van der Waals surface area contributed by atoms with Crippen molar-refractivity contribution >= 4 is 67.3 Å². The molecule has 0 heterocycles. The van der Waals surface area contributed by atoms with Gasteiger partial charge in [-0.2, -0.15) is 0 Å². The Morgan fingerprint density at radius 3 is 1.02 bits per heavy atom. The van der Waals surface area contributed by atoms with Gasteiger partial charge < -0.3 is 0 Å². The molecule has 0 bridgehead atoms. The van der Waals surface area contributed by atoms with Crippen molar-refractivity contribution in [3.63, 3.8) is 0 Å². The molecule has 40 heavy (non-hydrogen) atoms. The molecule has 0 atom stereocenters. The fourth-order valence-electron chi connectivity index (χ4n) is 6.15. The van der Waals surface area contributed by atoms with Gasteiger partial charge in [0.1, 0.15) is 0 Å². The molecule has 0 amide bonds. The Morgan fingerprint density at radius 1 is 0.375 bits per heavy atom. The second kappa shape index (κ2) is 11.0. The van der Waals surface area contributed by atoms with Crippen LogP contribution in [0.3, 0.4) is 0 Å². The van der Waals surface area contributed by atoms with Gasteiger partial charge >= 0.3 is 248 Å². The summed E-state index contributed by atoms with van der Waals surface area (Å²) in [6, 6.07) is 62.3. The van der Waals surface area contributed by atoms with Crippen molar-refractivity contribution in [3.8, 4) is 0 Å². The van der Waals surface area contributed by atoms with Gasteiger partial charge in [0, 0.05) is 0 Å². The maximum absolute atomic E-state index is 9.10. The molecular formula is C36H29Cl2P2. The number of rotatable bonds is 7. The van der Waals surface area contributed by atoms with Crippen LogP contribution in [0.5, 0.6) is 0 Å². The average molecular weight is 594 g/mol. The Morgan fingerprint density at radius 2 is 0.675 bits per heavy atom. The summed E-state index contributed by atoms with van der Waals surface area (Å²) >= 11 is 16.4. The van der Waals surface area contributed by atoms with Crippen LogP contribution in [0, 0.1) is 0 Å². The summed E-state index contributed by atoms with van der Waals surface area (Å²) in [6.07, 6.45) is 0. The van der Waals surface area contributed by atoms with Gasteiger partial charge in [-0.3, -0.25) is 0 Å². The molecule has 0 spiro atoms. The van der Waals surface area contributed by atoms with Crippen molar-refractivity contribution in [2.24, 2.45) is 0 Å². The molecule has 6 rings (SSSR count). The first-order valence-electron chi connectivity index (χ1n) is 13.3. The Hall–Kier alpha value is -3.24. The first-order chi connectivity index (χ1) is 19.6. The zero-order chi connectivity index (χ0) is 27.5. The van der Waals surface area contributed by atoms with Gasteiger partial charge in [0.05, 0.1) is 0 Å². The third-order valence-corrected chi connectivity index (χ3v) is 27.4. The van der Waals surface area contributed by atoms with Crippen molar-refractivity contribution in [1.29, 1.82) is 0 Å². The molecule has 0 unspecified atom stereocenters. The first kappa shape index (κ1) is 27.0. The molecule has 0 aromatic heterocycles. The van der Waals surface area contributed by atoms with Crippen LogP contribution < -0.4 is 31.8 Å².